The van der Waals surface area contributed by atoms with Gasteiger partial charge in [0.15, 0.2) is 12.1 Å². The standard InChI is InChI=1S/C23H28O10S2/c1-14-5-9-16(10-6-14)34(25,26)29-13-18(33-35(27,28)17-11-7-15(2)8-12-17)20-19(24)21-22(30-20)32-23(3,4)31-21/h5-12,18-22,24H,13H2,1-4H3/t18-,19+,20+,21+,22-/m0/s1. The predicted molar refractivity (Wildman–Crippen MR) is 122 cm³/mol. The molecular formula is C23H28O10S2. The molecule has 5 atom stereocenters. The summed E-state index contributed by atoms with van der Waals surface area (Å²) in [6.45, 7) is 6.14. The molecule has 192 valence electrons. The molecule has 2 fully saturated rings. The van der Waals surface area contributed by atoms with Crippen LogP contribution >= 0.6 is 0 Å². The zero-order valence-electron chi connectivity index (χ0n) is 19.7. The van der Waals surface area contributed by atoms with Gasteiger partial charge in [0.1, 0.15) is 24.4 Å². The van der Waals surface area contributed by atoms with Crippen LogP contribution in [-0.2, 0) is 42.8 Å². The Labute approximate surface area is 205 Å². The van der Waals surface area contributed by atoms with Crippen molar-refractivity contribution < 1.29 is 44.5 Å². The molecule has 0 spiro atoms. The molecule has 10 nitrogen and oxygen atoms in total. The zero-order valence-corrected chi connectivity index (χ0v) is 21.3. The van der Waals surface area contributed by atoms with Gasteiger partial charge < -0.3 is 19.3 Å². The molecule has 2 aromatic rings. The van der Waals surface area contributed by atoms with Crippen LogP contribution in [0.15, 0.2) is 58.3 Å². The molecule has 2 saturated heterocycles. The van der Waals surface area contributed by atoms with Gasteiger partial charge >= 0.3 is 0 Å². The number of aliphatic hydroxyl groups is 1. The van der Waals surface area contributed by atoms with E-state index in [0.29, 0.717) is 0 Å². The lowest BCUT2D eigenvalue weighted by Crippen LogP contribution is -2.45. The molecule has 0 aromatic heterocycles. The molecule has 4 rings (SSSR count). The average Bonchev–Trinajstić information content (AvgIpc) is 3.24. The van der Waals surface area contributed by atoms with E-state index in [1.807, 2.05) is 0 Å². The first-order chi connectivity index (χ1) is 16.3. The van der Waals surface area contributed by atoms with Crippen molar-refractivity contribution in [3.8, 4) is 0 Å². The summed E-state index contributed by atoms with van der Waals surface area (Å²) in [5.41, 5.74) is 1.69. The summed E-state index contributed by atoms with van der Waals surface area (Å²) in [4.78, 5) is -0.253. The maximum Gasteiger partial charge on any atom is 0.297 e. The highest BCUT2D eigenvalue weighted by Crippen LogP contribution is 2.39. The van der Waals surface area contributed by atoms with Crippen molar-refractivity contribution >= 4 is 20.2 Å². The molecular weight excluding hydrogens is 500 g/mol. The first-order valence-electron chi connectivity index (χ1n) is 10.9. The Kier molecular flexibility index (Phi) is 7.12. The third-order valence-electron chi connectivity index (χ3n) is 5.68. The first-order valence-corrected chi connectivity index (χ1v) is 13.7. The predicted octanol–water partition coefficient (Wildman–Crippen LogP) is 2.02. The van der Waals surface area contributed by atoms with E-state index in [9.17, 15) is 21.9 Å². The monoisotopic (exact) mass is 528 g/mol. The largest absolute Gasteiger partial charge is 0.387 e. The number of hydrogen-bond donors (Lipinski definition) is 1. The van der Waals surface area contributed by atoms with Crippen molar-refractivity contribution in [2.45, 2.75) is 74.0 Å². The van der Waals surface area contributed by atoms with Gasteiger partial charge in [-0.15, -0.1) is 0 Å². The van der Waals surface area contributed by atoms with E-state index in [-0.39, 0.29) is 9.79 Å². The molecule has 2 aliphatic rings. The summed E-state index contributed by atoms with van der Waals surface area (Å²) in [6.07, 6.45) is -6.12. The summed E-state index contributed by atoms with van der Waals surface area (Å²) in [5, 5.41) is 10.8. The summed E-state index contributed by atoms with van der Waals surface area (Å²) < 4.78 is 78.9. The second kappa shape index (κ2) is 9.52. The number of hydrogen-bond acceptors (Lipinski definition) is 10. The minimum atomic E-state index is -4.37. The maximum atomic E-state index is 13.0. The Bertz CT molecular complexity index is 1250. The van der Waals surface area contributed by atoms with E-state index < -0.39 is 63.3 Å². The van der Waals surface area contributed by atoms with Gasteiger partial charge in [0, 0.05) is 0 Å². The lowest BCUT2D eigenvalue weighted by atomic mass is 10.1. The van der Waals surface area contributed by atoms with Gasteiger partial charge in [0.25, 0.3) is 20.2 Å². The Morgan fingerprint density at radius 3 is 1.91 bits per heavy atom. The van der Waals surface area contributed by atoms with Crippen molar-refractivity contribution in [2.75, 3.05) is 6.61 Å². The van der Waals surface area contributed by atoms with Crippen LogP contribution in [0, 0.1) is 13.8 Å². The van der Waals surface area contributed by atoms with E-state index in [2.05, 4.69) is 0 Å². The summed E-state index contributed by atoms with van der Waals surface area (Å²) in [6, 6.07) is 11.9. The third-order valence-corrected chi connectivity index (χ3v) is 8.32. The van der Waals surface area contributed by atoms with Crippen LogP contribution < -0.4 is 0 Å². The fraction of sp³-hybridized carbons (Fsp3) is 0.478. The Morgan fingerprint density at radius 1 is 0.886 bits per heavy atom. The maximum absolute atomic E-state index is 13.0. The average molecular weight is 529 g/mol. The van der Waals surface area contributed by atoms with E-state index in [0.717, 1.165) is 11.1 Å². The molecule has 0 bridgehead atoms. The van der Waals surface area contributed by atoms with Gasteiger partial charge in [-0.25, -0.2) is 0 Å². The first kappa shape index (κ1) is 26.2. The van der Waals surface area contributed by atoms with Crippen LogP contribution in [0.3, 0.4) is 0 Å². The fourth-order valence-electron chi connectivity index (χ4n) is 3.85. The molecule has 0 aliphatic carbocycles. The summed E-state index contributed by atoms with van der Waals surface area (Å²) >= 11 is 0. The number of aliphatic hydroxyl groups excluding tert-OH is 1. The molecule has 0 unspecified atom stereocenters. The van der Waals surface area contributed by atoms with Crippen molar-refractivity contribution in [2.24, 2.45) is 0 Å². The SMILES string of the molecule is Cc1ccc(S(=O)(=O)OC[C@H](OS(=O)(=O)c2ccc(C)cc2)[C@H]2O[C@H]3OC(C)(C)O[C@@H]3[C@@H]2O)cc1. The number of aryl methyl sites for hydroxylation is 2. The van der Waals surface area contributed by atoms with E-state index in [4.69, 9.17) is 22.6 Å². The highest BCUT2D eigenvalue weighted by molar-refractivity contribution is 7.87. The Hall–Kier alpha value is -1.90. The Balaban J connectivity index is 1.58. The molecule has 0 amide bonds. The van der Waals surface area contributed by atoms with Gasteiger partial charge in [0.05, 0.1) is 16.4 Å². The van der Waals surface area contributed by atoms with Gasteiger partial charge in [-0.2, -0.15) is 16.8 Å². The van der Waals surface area contributed by atoms with Crippen molar-refractivity contribution in [1.82, 2.24) is 0 Å². The molecule has 2 heterocycles. The molecule has 0 saturated carbocycles. The molecule has 2 aliphatic heterocycles. The normalized spacial score (nSPS) is 27.0. The molecule has 2 aromatic carbocycles. The molecule has 35 heavy (non-hydrogen) atoms. The van der Waals surface area contributed by atoms with Crippen LogP contribution in [0.1, 0.15) is 25.0 Å². The minimum Gasteiger partial charge on any atom is -0.387 e. The summed E-state index contributed by atoms with van der Waals surface area (Å²) in [7, 11) is -8.63. The summed E-state index contributed by atoms with van der Waals surface area (Å²) in [5.74, 6) is -1.02. The van der Waals surface area contributed by atoms with Crippen LogP contribution in [-0.4, -0.2) is 65.0 Å². The van der Waals surface area contributed by atoms with Crippen LogP contribution in [0.25, 0.3) is 0 Å². The minimum absolute atomic E-state index is 0.110. The highest BCUT2D eigenvalue weighted by atomic mass is 32.2. The lowest BCUT2D eigenvalue weighted by molar-refractivity contribution is -0.225. The van der Waals surface area contributed by atoms with Gasteiger partial charge in [0.2, 0.25) is 0 Å². The zero-order chi connectivity index (χ0) is 25.6. The number of rotatable bonds is 8. The second-order valence-corrected chi connectivity index (χ2v) is 12.2. The quantitative estimate of drug-likeness (QED) is 0.507. The number of fused-ring (bicyclic) bond motifs is 1. The molecule has 0 radical (unpaired) electrons. The van der Waals surface area contributed by atoms with Crippen molar-refractivity contribution in [3.63, 3.8) is 0 Å². The van der Waals surface area contributed by atoms with Gasteiger partial charge in [-0.05, 0) is 52.0 Å². The van der Waals surface area contributed by atoms with Crippen LogP contribution in [0.2, 0.25) is 0 Å². The van der Waals surface area contributed by atoms with Gasteiger partial charge in [-0.1, -0.05) is 35.4 Å². The molecule has 1 N–H and O–H groups in total. The number of ether oxygens (including phenoxy) is 3. The molecule has 12 heteroatoms. The van der Waals surface area contributed by atoms with Crippen LogP contribution in [0.4, 0.5) is 0 Å². The Morgan fingerprint density at radius 2 is 1.40 bits per heavy atom. The third kappa shape index (κ3) is 5.75. The van der Waals surface area contributed by atoms with Crippen molar-refractivity contribution in [1.29, 1.82) is 0 Å². The van der Waals surface area contributed by atoms with E-state index >= 15 is 0 Å². The van der Waals surface area contributed by atoms with Gasteiger partial charge in [-0.3, -0.25) is 8.37 Å². The fourth-order valence-corrected chi connectivity index (χ4v) is 5.84. The van der Waals surface area contributed by atoms with Crippen LogP contribution in [0.5, 0.6) is 0 Å². The second-order valence-electron chi connectivity index (χ2n) is 9.01. The smallest absolute Gasteiger partial charge is 0.297 e. The highest BCUT2D eigenvalue weighted by Gasteiger charge is 2.57. The topological polar surface area (TPSA) is 135 Å². The van der Waals surface area contributed by atoms with E-state index in [1.54, 1.807) is 52.0 Å². The van der Waals surface area contributed by atoms with E-state index in [1.165, 1.54) is 24.3 Å². The lowest BCUT2D eigenvalue weighted by Gasteiger charge is -2.28. The van der Waals surface area contributed by atoms with Crippen molar-refractivity contribution in [3.05, 3.63) is 59.7 Å². The number of benzene rings is 2.